The van der Waals surface area contributed by atoms with E-state index in [1.165, 1.54) is 6.07 Å². The smallest absolute Gasteiger partial charge is 0.331 e. The minimum absolute atomic E-state index is 0.160. The lowest BCUT2D eigenvalue weighted by molar-refractivity contribution is -0.137. The highest BCUT2D eigenvalue weighted by Gasteiger charge is 2.30. The zero-order valence-corrected chi connectivity index (χ0v) is 15.7. The van der Waals surface area contributed by atoms with Crippen LogP contribution < -0.4 is 10.6 Å². The lowest BCUT2D eigenvalue weighted by Crippen LogP contribution is -2.27. The number of halogens is 3. The molecule has 2 aromatic heterocycles. The van der Waals surface area contributed by atoms with Gasteiger partial charge in [-0.2, -0.15) is 23.1 Å². The van der Waals surface area contributed by atoms with Gasteiger partial charge in [-0.15, -0.1) is 0 Å². The Hall–Kier alpha value is -3.01. The highest BCUT2D eigenvalue weighted by Crippen LogP contribution is 2.31. The number of aryl methyl sites for hydroxylation is 1. The second kappa shape index (κ2) is 7.78. The summed E-state index contributed by atoms with van der Waals surface area (Å²) in [5.41, 5.74) is 0.231. The van der Waals surface area contributed by atoms with Crippen LogP contribution in [-0.4, -0.2) is 37.6 Å². The van der Waals surface area contributed by atoms with Crippen LogP contribution in [-0.2, 0) is 13.2 Å². The van der Waals surface area contributed by atoms with Crippen LogP contribution in [0, 0.1) is 0 Å². The van der Waals surface area contributed by atoms with Crippen LogP contribution >= 0.6 is 0 Å². The molecular formula is C19H20F3N7. The first kappa shape index (κ1) is 19.3. The molecule has 1 aromatic carbocycles. The summed E-state index contributed by atoms with van der Waals surface area (Å²) in [6.45, 7) is 1.74. The maximum Gasteiger partial charge on any atom is 0.416 e. The number of aromatic nitrogens is 5. The average molecular weight is 403 g/mol. The van der Waals surface area contributed by atoms with E-state index in [0.717, 1.165) is 38.1 Å². The second-order valence-corrected chi connectivity index (χ2v) is 6.96. The maximum absolute atomic E-state index is 13.0. The molecule has 4 rings (SSSR count). The van der Waals surface area contributed by atoms with E-state index < -0.39 is 11.7 Å². The highest BCUT2D eigenvalue weighted by atomic mass is 19.4. The van der Waals surface area contributed by atoms with Crippen LogP contribution in [0.15, 0.2) is 36.8 Å². The number of rotatable bonds is 4. The second-order valence-electron chi connectivity index (χ2n) is 6.96. The van der Waals surface area contributed by atoms with Crippen molar-refractivity contribution in [3.63, 3.8) is 0 Å². The van der Waals surface area contributed by atoms with Crippen molar-refractivity contribution in [2.45, 2.75) is 24.9 Å². The summed E-state index contributed by atoms with van der Waals surface area (Å²) in [6, 6.07) is 4.97. The molecule has 0 saturated carbocycles. The molecule has 3 heterocycles. The molecular weight excluding hydrogens is 383 g/mol. The largest absolute Gasteiger partial charge is 0.416 e. The molecule has 0 amide bonds. The molecule has 29 heavy (non-hydrogen) atoms. The fourth-order valence-electron chi connectivity index (χ4n) is 3.30. The highest BCUT2D eigenvalue weighted by molar-refractivity contribution is 5.57. The van der Waals surface area contributed by atoms with Crippen molar-refractivity contribution < 1.29 is 13.2 Å². The molecule has 0 aliphatic carbocycles. The van der Waals surface area contributed by atoms with Crippen LogP contribution in [0.4, 0.5) is 24.8 Å². The van der Waals surface area contributed by atoms with E-state index >= 15 is 0 Å². The van der Waals surface area contributed by atoms with E-state index in [4.69, 9.17) is 0 Å². The Morgan fingerprint density at radius 3 is 2.62 bits per heavy atom. The normalized spacial score (nSPS) is 15.4. The Morgan fingerprint density at radius 2 is 1.93 bits per heavy atom. The van der Waals surface area contributed by atoms with Gasteiger partial charge in [0.2, 0.25) is 5.95 Å². The molecule has 2 N–H and O–H groups in total. The molecule has 7 nitrogen and oxygen atoms in total. The molecule has 1 fully saturated rings. The van der Waals surface area contributed by atoms with E-state index in [0.29, 0.717) is 17.3 Å². The molecule has 1 aliphatic heterocycles. The van der Waals surface area contributed by atoms with E-state index in [1.807, 2.05) is 7.05 Å². The molecule has 1 saturated heterocycles. The molecule has 0 unspecified atom stereocenters. The van der Waals surface area contributed by atoms with Crippen LogP contribution in [0.1, 0.15) is 30.1 Å². The van der Waals surface area contributed by atoms with Crippen molar-refractivity contribution in [3.8, 4) is 11.5 Å². The molecule has 0 atom stereocenters. The molecule has 152 valence electrons. The van der Waals surface area contributed by atoms with Gasteiger partial charge in [0.15, 0.2) is 5.82 Å². The molecule has 0 radical (unpaired) electrons. The topological polar surface area (TPSA) is 80.5 Å². The van der Waals surface area contributed by atoms with Gasteiger partial charge >= 0.3 is 6.18 Å². The Balaban J connectivity index is 1.71. The summed E-state index contributed by atoms with van der Waals surface area (Å²) in [6.07, 6.45) is 0.644. The zero-order valence-electron chi connectivity index (χ0n) is 15.7. The van der Waals surface area contributed by atoms with Crippen molar-refractivity contribution >= 4 is 11.6 Å². The number of benzene rings is 1. The molecule has 0 bridgehead atoms. The van der Waals surface area contributed by atoms with Crippen LogP contribution in [0.3, 0.4) is 0 Å². The van der Waals surface area contributed by atoms with E-state index in [2.05, 4.69) is 30.6 Å². The van der Waals surface area contributed by atoms with Gasteiger partial charge in [0, 0.05) is 18.7 Å². The van der Waals surface area contributed by atoms with E-state index in [-0.39, 0.29) is 17.6 Å². The third-order valence-electron chi connectivity index (χ3n) is 4.85. The fourth-order valence-corrected chi connectivity index (χ4v) is 3.30. The fraction of sp³-hybridized carbons (Fsp3) is 0.368. The Kier molecular flexibility index (Phi) is 5.18. The summed E-state index contributed by atoms with van der Waals surface area (Å²) in [4.78, 5) is 17.7. The minimum atomic E-state index is -4.42. The number of anilines is 2. The maximum atomic E-state index is 13.0. The Labute approximate surface area is 165 Å². The average Bonchev–Trinajstić information content (AvgIpc) is 3.14. The molecule has 0 spiro atoms. The van der Waals surface area contributed by atoms with Gasteiger partial charge in [-0.1, -0.05) is 6.07 Å². The predicted octanol–water partition coefficient (Wildman–Crippen LogP) is 3.50. The summed E-state index contributed by atoms with van der Waals surface area (Å²) in [5, 5.41) is 6.21. The van der Waals surface area contributed by atoms with Gasteiger partial charge in [0.25, 0.3) is 0 Å². The van der Waals surface area contributed by atoms with Gasteiger partial charge in [0.1, 0.15) is 11.5 Å². The number of hydrogen-bond donors (Lipinski definition) is 2. The third kappa shape index (κ3) is 4.37. The van der Waals surface area contributed by atoms with Crippen molar-refractivity contribution in [1.82, 2.24) is 29.8 Å². The standard InChI is InChI=1S/C19H20F3N7/c1-29-11-24-10-15(29)17-26-16(12-5-7-23-8-6-12)27-18(28-17)25-14-4-2-3-13(9-14)19(20,21)22/h2-4,9-12,23H,5-8H2,1H3,(H,25,26,27,28). The Morgan fingerprint density at radius 1 is 1.14 bits per heavy atom. The number of nitrogens with zero attached hydrogens (tertiary/aromatic N) is 5. The zero-order chi connectivity index (χ0) is 20.4. The van der Waals surface area contributed by atoms with Crippen molar-refractivity contribution in [3.05, 3.63) is 48.2 Å². The first-order valence-corrected chi connectivity index (χ1v) is 9.28. The van der Waals surface area contributed by atoms with Gasteiger partial charge in [-0.25, -0.2) is 9.97 Å². The summed E-state index contributed by atoms with van der Waals surface area (Å²) >= 11 is 0. The number of piperidine rings is 1. The van der Waals surface area contributed by atoms with Crippen LogP contribution in [0.2, 0.25) is 0 Å². The summed E-state index contributed by atoms with van der Waals surface area (Å²) in [5.74, 6) is 1.44. The lowest BCUT2D eigenvalue weighted by atomic mass is 9.97. The molecule has 10 heteroatoms. The summed E-state index contributed by atoms with van der Waals surface area (Å²) in [7, 11) is 1.83. The van der Waals surface area contributed by atoms with Crippen molar-refractivity contribution in [2.24, 2.45) is 7.05 Å². The number of hydrogen-bond acceptors (Lipinski definition) is 6. The first-order valence-electron chi connectivity index (χ1n) is 9.28. The number of nitrogens with one attached hydrogen (secondary N) is 2. The SMILES string of the molecule is Cn1cncc1-c1nc(Nc2cccc(C(F)(F)F)c2)nc(C2CCNCC2)n1. The lowest BCUT2D eigenvalue weighted by Gasteiger charge is -2.22. The quantitative estimate of drug-likeness (QED) is 0.694. The van der Waals surface area contributed by atoms with Crippen LogP contribution in [0.5, 0.6) is 0 Å². The van der Waals surface area contributed by atoms with Crippen LogP contribution in [0.25, 0.3) is 11.5 Å². The third-order valence-corrected chi connectivity index (χ3v) is 4.85. The van der Waals surface area contributed by atoms with Crippen molar-refractivity contribution in [2.75, 3.05) is 18.4 Å². The number of alkyl halides is 3. The van der Waals surface area contributed by atoms with E-state index in [1.54, 1.807) is 23.2 Å². The number of imidazole rings is 1. The molecule has 3 aromatic rings. The van der Waals surface area contributed by atoms with Gasteiger partial charge in [0.05, 0.1) is 18.1 Å². The van der Waals surface area contributed by atoms with Gasteiger partial charge in [-0.05, 0) is 44.1 Å². The summed E-state index contributed by atoms with van der Waals surface area (Å²) < 4.78 is 40.9. The minimum Gasteiger partial charge on any atom is -0.331 e. The molecule has 1 aliphatic rings. The monoisotopic (exact) mass is 403 g/mol. The van der Waals surface area contributed by atoms with Gasteiger partial charge < -0.3 is 15.2 Å². The van der Waals surface area contributed by atoms with Gasteiger partial charge in [-0.3, -0.25) is 0 Å². The van der Waals surface area contributed by atoms with E-state index in [9.17, 15) is 13.2 Å². The van der Waals surface area contributed by atoms with Crippen molar-refractivity contribution in [1.29, 1.82) is 0 Å². The first-order chi connectivity index (χ1) is 13.9. The predicted molar refractivity (Wildman–Crippen MR) is 102 cm³/mol. The Bertz CT molecular complexity index is 993.